The van der Waals surface area contributed by atoms with E-state index in [9.17, 15) is 22.0 Å². The Morgan fingerprint density at radius 2 is 1.90 bits per heavy atom. The molecule has 0 radical (unpaired) electrons. The van der Waals surface area contributed by atoms with Gasteiger partial charge in [0.05, 0.1) is 17.1 Å². The van der Waals surface area contributed by atoms with Gasteiger partial charge in [-0.05, 0) is 0 Å². The van der Waals surface area contributed by atoms with E-state index in [2.05, 4.69) is 0 Å². The van der Waals surface area contributed by atoms with Crippen molar-refractivity contribution in [3.05, 3.63) is 23.8 Å². The molecule has 0 bridgehead atoms. The number of carbonyl (C=O) groups is 1. The van der Waals surface area contributed by atoms with Gasteiger partial charge in [-0.3, -0.25) is 4.79 Å². The van der Waals surface area contributed by atoms with Crippen LogP contribution in [0, 0.1) is 17.6 Å². The van der Waals surface area contributed by atoms with E-state index in [1.54, 1.807) is 0 Å². The minimum Gasteiger partial charge on any atom is -0.397 e. The van der Waals surface area contributed by atoms with Gasteiger partial charge in [-0.25, -0.2) is 22.3 Å². The Kier molecular flexibility index (Phi) is 3.65. The van der Waals surface area contributed by atoms with Crippen molar-refractivity contribution in [3.8, 4) is 0 Å². The molecule has 0 aromatic heterocycles. The Balaban J connectivity index is 2.26. The number of nitrogen functional groups attached to an aromatic ring is 1. The second kappa shape index (κ2) is 4.98. The number of primary sulfonamides is 1. The Hall–Kier alpha value is -1.74. The molecule has 20 heavy (non-hydrogen) atoms. The first-order valence-electron chi connectivity index (χ1n) is 5.72. The van der Waals surface area contributed by atoms with Crippen molar-refractivity contribution in [1.29, 1.82) is 0 Å². The van der Waals surface area contributed by atoms with Crippen LogP contribution in [0.15, 0.2) is 12.1 Å². The number of carbonyl (C=O) groups excluding carboxylic acids is 1. The highest BCUT2D eigenvalue weighted by atomic mass is 32.2. The van der Waals surface area contributed by atoms with Crippen LogP contribution in [0.2, 0.25) is 0 Å². The van der Waals surface area contributed by atoms with Gasteiger partial charge in [-0.2, -0.15) is 0 Å². The summed E-state index contributed by atoms with van der Waals surface area (Å²) >= 11 is 0. The number of halogens is 2. The van der Waals surface area contributed by atoms with Gasteiger partial charge < -0.3 is 10.6 Å². The van der Waals surface area contributed by atoms with Gasteiger partial charge in [0.25, 0.3) is 0 Å². The van der Waals surface area contributed by atoms with Gasteiger partial charge in [0.2, 0.25) is 15.9 Å². The summed E-state index contributed by atoms with van der Waals surface area (Å²) < 4.78 is 48.2. The van der Waals surface area contributed by atoms with Crippen LogP contribution >= 0.6 is 0 Å². The van der Waals surface area contributed by atoms with E-state index in [1.165, 1.54) is 0 Å². The molecule has 0 aliphatic carbocycles. The van der Waals surface area contributed by atoms with Gasteiger partial charge in [0.15, 0.2) is 11.6 Å². The first-order chi connectivity index (χ1) is 9.17. The summed E-state index contributed by atoms with van der Waals surface area (Å²) in [4.78, 5) is 13.0. The minimum atomic E-state index is -3.71. The van der Waals surface area contributed by atoms with Crippen molar-refractivity contribution >= 4 is 27.3 Å². The highest BCUT2D eigenvalue weighted by Gasteiger charge is 2.34. The zero-order chi connectivity index (χ0) is 15.1. The number of nitrogens with two attached hydrogens (primary N) is 2. The van der Waals surface area contributed by atoms with E-state index in [0.29, 0.717) is 0 Å². The van der Waals surface area contributed by atoms with E-state index in [-0.39, 0.29) is 30.1 Å². The average molecular weight is 305 g/mol. The Labute approximate surface area is 114 Å². The van der Waals surface area contributed by atoms with Crippen molar-refractivity contribution in [2.75, 3.05) is 22.9 Å². The molecule has 1 unspecified atom stereocenters. The molecule has 1 aliphatic rings. The zero-order valence-corrected chi connectivity index (χ0v) is 11.2. The molecule has 1 aromatic rings. The summed E-state index contributed by atoms with van der Waals surface area (Å²) in [5, 5.41) is 4.93. The van der Waals surface area contributed by atoms with Crippen LogP contribution < -0.4 is 15.8 Å². The van der Waals surface area contributed by atoms with Gasteiger partial charge >= 0.3 is 0 Å². The van der Waals surface area contributed by atoms with Crippen LogP contribution in [0.25, 0.3) is 0 Å². The molecule has 0 saturated carbocycles. The maximum Gasteiger partial charge on any atom is 0.227 e. The van der Waals surface area contributed by atoms with E-state index >= 15 is 0 Å². The van der Waals surface area contributed by atoms with Crippen LogP contribution in [0.5, 0.6) is 0 Å². The van der Waals surface area contributed by atoms with Crippen LogP contribution in [-0.4, -0.2) is 26.6 Å². The third-order valence-electron chi connectivity index (χ3n) is 3.03. The highest BCUT2D eigenvalue weighted by molar-refractivity contribution is 7.89. The number of benzene rings is 1. The molecule has 1 atom stereocenters. The van der Waals surface area contributed by atoms with E-state index in [0.717, 1.165) is 17.0 Å². The lowest BCUT2D eigenvalue weighted by molar-refractivity contribution is -0.117. The van der Waals surface area contributed by atoms with Crippen LogP contribution in [0.4, 0.5) is 20.2 Å². The monoisotopic (exact) mass is 305 g/mol. The SMILES string of the molecule is Nc1cc(F)c(F)cc1N1CC(CS(N)(=O)=O)CC1=O. The Morgan fingerprint density at radius 3 is 2.50 bits per heavy atom. The lowest BCUT2D eigenvalue weighted by Gasteiger charge is -2.19. The molecule has 1 fully saturated rings. The molecule has 0 spiro atoms. The topological polar surface area (TPSA) is 106 Å². The van der Waals surface area contributed by atoms with Crippen LogP contribution in [0.1, 0.15) is 6.42 Å². The molecule has 1 amide bonds. The fraction of sp³-hybridized carbons (Fsp3) is 0.364. The van der Waals surface area contributed by atoms with E-state index in [1.807, 2.05) is 0 Å². The normalized spacial score (nSPS) is 19.6. The molecule has 110 valence electrons. The fourth-order valence-corrected chi connectivity index (χ4v) is 3.12. The summed E-state index contributed by atoms with van der Waals surface area (Å²) in [6.07, 6.45) is -0.0329. The summed E-state index contributed by atoms with van der Waals surface area (Å²) in [6.45, 7) is 0.0462. The van der Waals surface area contributed by atoms with Crippen LogP contribution in [0.3, 0.4) is 0 Å². The average Bonchev–Trinajstić information content (AvgIpc) is 2.62. The molecule has 9 heteroatoms. The predicted molar refractivity (Wildman–Crippen MR) is 69.2 cm³/mol. The molecule has 2 rings (SSSR count). The number of rotatable bonds is 3. The molecule has 1 aliphatic heterocycles. The molecule has 4 N–H and O–H groups in total. The Bertz CT molecular complexity index is 663. The van der Waals surface area contributed by atoms with Gasteiger partial charge in [-0.1, -0.05) is 0 Å². The predicted octanol–water partition coefficient (Wildman–Crippen LogP) is 0.188. The van der Waals surface area contributed by atoms with Crippen molar-refractivity contribution in [2.45, 2.75) is 6.42 Å². The number of hydrogen-bond donors (Lipinski definition) is 2. The number of anilines is 2. The molecular formula is C11H13F2N3O3S. The number of hydrogen-bond acceptors (Lipinski definition) is 4. The van der Waals surface area contributed by atoms with Crippen molar-refractivity contribution in [1.82, 2.24) is 0 Å². The second-order valence-electron chi connectivity index (χ2n) is 4.73. The molecule has 1 aromatic carbocycles. The maximum absolute atomic E-state index is 13.2. The van der Waals surface area contributed by atoms with Crippen molar-refractivity contribution in [3.63, 3.8) is 0 Å². The first-order valence-corrected chi connectivity index (χ1v) is 7.44. The standard InChI is InChI=1S/C11H13F2N3O3S/c12-7-2-9(14)10(3-8(7)13)16-4-6(1-11(16)17)5-20(15,18)19/h2-3,6H,1,4-5,14H2,(H2,15,18,19). The second-order valence-corrected chi connectivity index (χ2v) is 6.39. The highest BCUT2D eigenvalue weighted by Crippen LogP contribution is 2.31. The number of sulfonamides is 1. The maximum atomic E-state index is 13.2. The number of nitrogens with zero attached hydrogens (tertiary/aromatic N) is 1. The van der Waals surface area contributed by atoms with Gasteiger partial charge in [-0.15, -0.1) is 0 Å². The zero-order valence-electron chi connectivity index (χ0n) is 10.3. The largest absolute Gasteiger partial charge is 0.397 e. The van der Waals surface area contributed by atoms with Crippen LogP contribution in [-0.2, 0) is 14.8 Å². The third-order valence-corrected chi connectivity index (χ3v) is 3.97. The lowest BCUT2D eigenvalue weighted by Crippen LogP contribution is -2.28. The quantitative estimate of drug-likeness (QED) is 0.777. The minimum absolute atomic E-state index is 0.0329. The third kappa shape index (κ3) is 3.05. The lowest BCUT2D eigenvalue weighted by atomic mass is 10.1. The molecule has 1 heterocycles. The molecule has 6 nitrogen and oxygen atoms in total. The van der Waals surface area contributed by atoms with Crippen molar-refractivity contribution < 1.29 is 22.0 Å². The first kappa shape index (κ1) is 14.7. The van der Waals surface area contributed by atoms with Gasteiger partial charge in [0.1, 0.15) is 0 Å². The summed E-state index contributed by atoms with van der Waals surface area (Å²) in [5.74, 6) is -3.49. The molecular weight excluding hydrogens is 292 g/mol. The smallest absolute Gasteiger partial charge is 0.227 e. The number of amides is 1. The fourth-order valence-electron chi connectivity index (χ4n) is 2.24. The summed E-state index contributed by atoms with van der Waals surface area (Å²) in [7, 11) is -3.71. The Morgan fingerprint density at radius 1 is 1.30 bits per heavy atom. The van der Waals surface area contributed by atoms with E-state index in [4.69, 9.17) is 10.9 Å². The summed E-state index contributed by atoms with van der Waals surface area (Å²) in [6, 6.07) is 1.60. The van der Waals surface area contributed by atoms with Gasteiger partial charge in [0, 0.05) is 31.0 Å². The van der Waals surface area contributed by atoms with Crippen molar-refractivity contribution in [2.24, 2.45) is 11.1 Å². The molecule has 1 saturated heterocycles. The summed E-state index contributed by atoms with van der Waals surface area (Å²) in [5.41, 5.74) is 5.51. The van der Waals surface area contributed by atoms with E-state index < -0.39 is 33.5 Å².